The molecule has 32 heavy (non-hydrogen) atoms. The Kier molecular flexibility index (Phi) is 6.40. The second-order valence-corrected chi connectivity index (χ2v) is 9.37. The zero-order valence-corrected chi connectivity index (χ0v) is 19.4. The van der Waals surface area contributed by atoms with Gasteiger partial charge < -0.3 is 5.32 Å². The number of nitrogens with zero attached hydrogens (tertiary/aromatic N) is 3. The van der Waals surface area contributed by atoms with Gasteiger partial charge in [0.05, 0.1) is 18.4 Å². The first-order valence-electron chi connectivity index (χ1n) is 11.1. The van der Waals surface area contributed by atoms with E-state index in [2.05, 4.69) is 27.0 Å². The van der Waals surface area contributed by atoms with Crippen molar-refractivity contribution in [2.75, 3.05) is 19.6 Å². The van der Waals surface area contributed by atoms with E-state index in [-0.39, 0.29) is 24.4 Å². The third-order valence-corrected chi connectivity index (χ3v) is 6.97. The Bertz CT molecular complexity index is 1010. The van der Waals surface area contributed by atoms with Gasteiger partial charge >= 0.3 is 6.03 Å². The van der Waals surface area contributed by atoms with Crippen molar-refractivity contribution in [1.82, 2.24) is 25.3 Å². The molecule has 170 valence electrons. The van der Waals surface area contributed by atoms with Gasteiger partial charge in [0.2, 0.25) is 0 Å². The first kappa shape index (κ1) is 22.6. The molecule has 1 aromatic carbocycles. The van der Waals surface area contributed by atoms with Crippen molar-refractivity contribution in [2.24, 2.45) is 5.92 Å². The molecule has 2 aromatic rings. The van der Waals surface area contributed by atoms with Crippen molar-refractivity contribution in [3.8, 4) is 11.3 Å². The summed E-state index contributed by atoms with van der Waals surface area (Å²) in [5.74, 6) is 0.0155. The van der Waals surface area contributed by atoms with Crippen molar-refractivity contribution in [3.05, 3.63) is 53.2 Å². The average molecular weight is 456 g/mol. The number of likely N-dealkylation sites (tertiary alicyclic amines) is 1. The summed E-state index contributed by atoms with van der Waals surface area (Å²) >= 11 is 6.02. The summed E-state index contributed by atoms with van der Waals surface area (Å²) in [6.45, 7) is 10.5. The van der Waals surface area contributed by atoms with Crippen LogP contribution in [0.15, 0.2) is 42.6 Å². The zero-order chi connectivity index (χ0) is 22.9. The molecule has 0 bridgehead atoms. The third-order valence-electron chi connectivity index (χ3n) is 6.72. The van der Waals surface area contributed by atoms with E-state index in [1.54, 1.807) is 0 Å². The number of benzene rings is 1. The highest BCUT2D eigenvalue weighted by Crippen LogP contribution is 2.37. The first-order chi connectivity index (χ1) is 15.3. The molecule has 2 N–H and O–H groups in total. The van der Waals surface area contributed by atoms with Crippen LogP contribution in [0.5, 0.6) is 0 Å². The van der Waals surface area contributed by atoms with E-state index in [1.807, 2.05) is 44.3 Å². The lowest BCUT2D eigenvalue weighted by Gasteiger charge is -2.40. The number of urea groups is 1. The smallest absolute Gasteiger partial charge is 0.323 e. The number of aromatic nitrogens is 2. The maximum Gasteiger partial charge on any atom is 0.325 e. The first-order valence-corrected chi connectivity index (χ1v) is 11.5. The molecule has 0 unspecified atom stereocenters. The summed E-state index contributed by atoms with van der Waals surface area (Å²) in [6.07, 6.45) is 4.18. The SMILES string of the molecule is C=C(C)CN1C(=O)N[C@@](CC)(C2CCN(Cc3cn[nH]c3-c3ccc(Cl)cc3)CC2)C1=O. The minimum atomic E-state index is -0.803. The van der Waals surface area contributed by atoms with Crippen LogP contribution in [-0.4, -0.2) is 57.1 Å². The quantitative estimate of drug-likeness (QED) is 0.483. The van der Waals surface area contributed by atoms with Crippen LogP contribution in [0.2, 0.25) is 5.02 Å². The van der Waals surface area contributed by atoms with Gasteiger partial charge in [-0.2, -0.15) is 5.10 Å². The second kappa shape index (κ2) is 9.08. The van der Waals surface area contributed by atoms with Crippen molar-refractivity contribution in [3.63, 3.8) is 0 Å². The van der Waals surface area contributed by atoms with Crippen LogP contribution in [0.1, 0.15) is 38.7 Å². The summed E-state index contributed by atoms with van der Waals surface area (Å²) in [4.78, 5) is 29.5. The summed E-state index contributed by atoms with van der Waals surface area (Å²) in [5, 5.41) is 11.1. The Labute approximate surface area is 193 Å². The predicted molar refractivity (Wildman–Crippen MR) is 125 cm³/mol. The molecule has 3 amide bonds. The summed E-state index contributed by atoms with van der Waals surface area (Å²) < 4.78 is 0. The number of aromatic amines is 1. The highest BCUT2D eigenvalue weighted by atomic mass is 35.5. The number of rotatable bonds is 7. The number of nitrogens with one attached hydrogen (secondary N) is 2. The summed E-state index contributed by atoms with van der Waals surface area (Å²) in [7, 11) is 0. The molecule has 1 atom stereocenters. The molecule has 0 spiro atoms. The Morgan fingerprint density at radius 2 is 1.94 bits per heavy atom. The molecule has 1 aromatic heterocycles. The molecule has 2 fully saturated rings. The fourth-order valence-electron chi connectivity index (χ4n) is 4.99. The Morgan fingerprint density at radius 3 is 2.56 bits per heavy atom. The lowest BCUT2D eigenvalue weighted by Crippen LogP contribution is -2.55. The Balaban J connectivity index is 1.42. The topological polar surface area (TPSA) is 81.3 Å². The van der Waals surface area contributed by atoms with Gasteiger partial charge in [0, 0.05) is 17.1 Å². The van der Waals surface area contributed by atoms with E-state index in [1.165, 1.54) is 4.90 Å². The molecule has 0 aliphatic carbocycles. The number of hydrogen-bond acceptors (Lipinski definition) is 4. The Morgan fingerprint density at radius 1 is 1.25 bits per heavy atom. The largest absolute Gasteiger partial charge is 0.325 e. The molecule has 0 radical (unpaired) electrons. The molecule has 2 aliphatic rings. The molecule has 0 saturated carbocycles. The van der Waals surface area contributed by atoms with Crippen LogP contribution in [-0.2, 0) is 11.3 Å². The van der Waals surface area contributed by atoms with Crippen LogP contribution in [0, 0.1) is 5.92 Å². The highest BCUT2D eigenvalue weighted by Gasteiger charge is 2.54. The minimum Gasteiger partial charge on any atom is -0.323 e. The number of imide groups is 1. The van der Waals surface area contributed by atoms with Crippen LogP contribution < -0.4 is 5.32 Å². The fourth-order valence-corrected chi connectivity index (χ4v) is 5.11. The maximum atomic E-state index is 13.2. The number of hydrogen-bond donors (Lipinski definition) is 2. The van der Waals surface area contributed by atoms with E-state index < -0.39 is 5.54 Å². The lowest BCUT2D eigenvalue weighted by molar-refractivity contribution is -0.134. The molecule has 2 aliphatic heterocycles. The maximum absolute atomic E-state index is 13.2. The third kappa shape index (κ3) is 4.19. The zero-order valence-electron chi connectivity index (χ0n) is 18.7. The van der Waals surface area contributed by atoms with Gasteiger partial charge in [-0.1, -0.05) is 42.8 Å². The van der Waals surface area contributed by atoms with Gasteiger partial charge in [0.15, 0.2) is 0 Å². The average Bonchev–Trinajstić information content (AvgIpc) is 3.33. The van der Waals surface area contributed by atoms with Gasteiger partial charge in [0.25, 0.3) is 5.91 Å². The van der Waals surface area contributed by atoms with Gasteiger partial charge in [-0.05, 0) is 62.9 Å². The van der Waals surface area contributed by atoms with Gasteiger partial charge in [-0.25, -0.2) is 4.79 Å². The van der Waals surface area contributed by atoms with Gasteiger partial charge in [-0.3, -0.25) is 19.7 Å². The van der Waals surface area contributed by atoms with Crippen LogP contribution in [0.4, 0.5) is 4.79 Å². The molecule has 4 rings (SSSR count). The molecular weight excluding hydrogens is 426 g/mol. The van der Waals surface area contributed by atoms with Crippen molar-refractivity contribution < 1.29 is 9.59 Å². The van der Waals surface area contributed by atoms with Crippen LogP contribution >= 0.6 is 11.6 Å². The molecule has 7 nitrogen and oxygen atoms in total. The van der Waals surface area contributed by atoms with Crippen molar-refractivity contribution in [2.45, 2.75) is 45.2 Å². The fraction of sp³-hybridized carbons (Fsp3) is 0.458. The molecule has 8 heteroatoms. The van der Waals surface area contributed by atoms with Gasteiger partial charge in [0.1, 0.15) is 5.54 Å². The second-order valence-electron chi connectivity index (χ2n) is 8.93. The van der Waals surface area contributed by atoms with E-state index in [0.29, 0.717) is 11.4 Å². The van der Waals surface area contributed by atoms with E-state index in [0.717, 1.165) is 54.9 Å². The van der Waals surface area contributed by atoms with E-state index >= 15 is 0 Å². The number of carbonyl (C=O) groups is 2. The summed E-state index contributed by atoms with van der Waals surface area (Å²) in [6, 6.07) is 7.43. The minimum absolute atomic E-state index is 0.105. The number of amides is 3. The van der Waals surface area contributed by atoms with E-state index in [9.17, 15) is 9.59 Å². The lowest BCUT2D eigenvalue weighted by atomic mass is 9.75. The van der Waals surface area contributed by atoms with E-state index in [4.69, 9.17) is 11.6 Å². The van der Waals surface area contributed by atoms with Crippen LogP contribution in [0.3, 0.4) is 0 Å². The number of H-pyrrole nitrogens is 1. The van der Waals surface area contributed by atoms with Crippen LogP contribution in [0.25, 0.3) is 11.3 Å². The highest BCUT2D eigenvalue weighted by molar-refractivity contribution is 6.30. The standard InChI is InChI=1S/C24H30ClN5O2/c1-4-24(22(31)30(14-16(2)3)23(32)27-24)19-9-11-29(12-10-19)15-18-13-26-28-21(18)17-5-7-20(25)8-6-17/h5-8,13,19H,2,4,9-12,14-15H2,1,3H3,(H,26,28)(H,27,32)/t24-/m0/s1. The summed E-state index contributed by atoms with van der Waals surface area (Å²) in [5.41, 5.74) is 3.18. The normalized spacial score (nSPS) is 22.4. The molecular formula is C24H30ClN5O2. The monoisotopic (exact) mass is 455 g/mol. The molecule has 3 heterocycles. The number of piperidine rings is 1. The van der Waals surface area contributed by atoms with Crippen molar-refractivity contribution >= 4 is 23.5 Å². The number of carbonyl (C=O) groups excluding carboxylic acids is 2. The van der Waals surface area contributed by atoms with Gasteiger partial charge in [-0.15, -0.1) is 0 Å². The predicted octanol–water partition coefficient (Wildman–Crippen LogP) is 4.22. The molecule has 2 saturated heterocycles. The number of halogens is 1. The van der Waals surface area contributed by atoms with Crippen molar-refractivity contribution in [1.29, 1.82) is 0 Å². The Hall–Kier alpha value is -2.64.